The molecule has 114 valence electrons. The minimum atomic E-state index is 0.0638. The second-order valence-corrected chi connectivity index (χ2v) is 7.04. The zero-order valence-electron chi connectivity index (χ0n) is 12.0. The van der Waals surface area contributed by atoms with E-state index in [0.29, 0.717) is 22.1 Å². The van der Waals surface area contributed by atoms with Crippen molar-refractivity contribution in [2.45, 2.75) is 44.2 Å². The third-order valence-electron chi connectivity index (χ3n) is 4.46. The molecule has 0 spiro atoms. The molecule has 4 atom stereocenters. The van der Waals surface area contributed by atoms with Crippen molar-refractivity contribution in [1.29, 1.82) is 0 Å². The van der Waals surface area contributed by atoms with Crippen LogP contribution in [0.2, 0.25) is 10.0 Å². The highest BCUT2D eigenvalue weighted by molar-refractivity contribution is 6.35. The van der Waals surface area contributed by atoms with Gasteiger partial charge in [0.15, 0.2) is 0 Å². The minimum absolute atomic E-state index is 0.0638. The van der Waals surface area contributed by atoms with E-state index < -0.39 is 0 Å². The molecular weight excluding hydrogens is 307 g/mol. The van der Waals surface area contributed by atoms with Crippen molar-refractivity contribution >= 4 is 29.1 Å². The Labute approximate surface area is 135 Å². The van der Waals surface area contributed by atoms with Gasteiger partial charge in [-0.05, 0) is 56.3 Å². The molecule has 21 heavy (non-hydrogen) atoms. The van der Waals surface area contributed by atoms with E-state index in [-0.39, 0.29) is 17.7 Å². The van der Waals surface area contributed by atoms with E-state index in [2.05, 4.69) is 17.6 Å². The molecule has 0 radical (unpaired) electrons. The van der Waals surface area contributed by atoms with E-state index in [1.54, 1.807) is 6.07 Å². The normalized spacial score (nSPS) is 31.8. The number of hydrogen-bond acceptors (Lipinski definition) is 2. The summed E-state index contributed by atoms with van der Waals surface area (Å²) in [5, 5.41) is 7.89. The van der Waals surface area contributed by atoms with Crippen LogP contribution >= 0.6 is 23.2 Å². The van der Waals surface area contributed by atoms with Gasteiger partial charge in [0.2, 0.25) is 5.91 Å². The fourth-order valence-corrected chi connectivity index (χ4v) is 3.75. The third-order valence-corrected chi connectivity index (χ3v) is 5.02. The molecule has 4 unspecified atom stereocenters. The lowest BCUT2D eigenvalue weighted by atomic mass is 10.0. The highest BCUT2D eigenvalue weighted by Crippen LogP contribution is 2.50. The topological polar surface area (TPSA) is 41.1 Å². The maximum Gasteiger partial charge on any atom is 0.223 e. The quantitative estimate of drug-likeness (QED) is 0.894. The fraction of sp³-hybridized carbons (Fsp3) is 0.562. The van der Waals surface area contributed by atoms with Gasteiger partial charge in [-0.3, -0.25) is 4.79 Å². The zero-order chi connectivity index (χ0) is 15.0. The summed E-state index contributed by atoms with van der Waals surface area (Å²) in [5.41, 5.74) is 1.04. The molecule has 5 heteroatoms. The Kier molecular flexibility index (Phi) is 4.43. The fourth-order valence-electron chi connectivity index (χ4n) is 3.20. The number of halogens is 2. The number of nitrogens with one attached hydrogen (secondary N) is 2. The Hall–Kier alpha value is -0.770. The molecule has 0 bridgehead atoms. The lowest BCUT2D eigenvalue weighted by Crippen LogP contribution is -2.47. The molecule has 1 saturated heterocycles. The van der Waals surface area contributed by atoms with E-state index >= 15 is 0 Å². The van der Waals surface area contributed by atoms with Gasteiger partial charge in [0.1, 0.15) is 0 Å². The van der Waals surface area contributed by atoms with Gasteiger partial charge in [0.25, 0.3) is 0 Å². The van der Waals surface area contributed by atoms with Crippen molar-refractivity contribution < 1.29 is 4.79 Å². The molecular formula is C16H20Cl2N2O. The summed E-state index contributed by atoms with van der Waals surface area (Å²) in [5.74, 6) is 0.480. The van der Waals surface area contributed by atoms with Crippen molar-refractivity contribution in [3.63, 3.8) is 0 Å². The Bertz CT molecular complexity index is 549. The van der Waals surface area contributed by atoms with Crippen molar-refractivity contribution in [2.75, 3.05) is 6.54 Å². The molecule has 1 amide bonds. The summed E-state index contributed by atoms with van der Waals surface area (Å²) >= 11 is 12.1. The Morgan fingerprint density at radius 3 is 2.86 bits per heavy atom. The van der Waals surface area contributed by atoms with Crippen LogP contribution in [0.1, 0.15) is 37.7 Å². The van der Waals surface area contributed by atoms with Crippen LogP contribution in [0.3, 0.4) is 0 Å². The minimum Gasteiger partial charge on any atom is -0.353 e. The Morgan fingerprint density at radius 2 is 2.14 bits per heavy atom. The first-order valence-corrected chi connectivity index (χ1v) is 8.29. The van der Waals surface area contributed by atoms with Gasteiger partial charge in [-0.1, -0.05) is 29.3 Å². The summed E-state index contributed by atoms with van der Waals surface area (Å²) in [4.78, 5) is 12.3. The molecule has 3 nitrogen and oxygen atoms in total. The predicted molar refractivity (Wildman–Crippen MR) is 85.9 cm³/mol. The smallest absolute Gasteiger partial charge is 0.223 e. The maximum atomic E-state index is 12.3. The molecule has 1 aromatic rings. The number of carbonyl (C=O) groups is 1. The number of rotatable bonds is 3. The monoisotopic (exact) mass is 326 g/mol. The number of piperidine rings is 1. The Balaban J connectivity index is 1.58. The van der Waals surface area contributed by atoms with Crippen LogP contribution in [-0.2, 0) is 4.79 Å². The summed E-state index contributed by atoms with van der Waals surface area (Å²) in [6.07, 6.45) is 2.90. The van der Waals surface area contributed by atoms with Crippen LogP contribution in [0.15, 0.2) is 18.2 Å². The van der Waals surface area contributed by atoms with Gasteiger partial charge in [-0.25, -0.2) is 0 Å². The van der Waals surface area contributed by atoms with Gasteiger partial charge >= 0.3 is 0 Å². The largest absolute Gasteiger partial charge is 0.353 e. The van der Waals surface area contributed by atoms with Gasteiger partial charge in [-0.15, -0.1) is 0 Å². The van der Waals surface area contributed by atoms with Crippen LogP contribution in [0.5, 0.6) is 0 Å². The molecule has 2 fully saturated rings. The molecule has 1 saturated carbocycles. The highest BCUT2D eigenvalue weighted by atomic mass is 35.5. The van der Waals surface area contributed by atoms with E-state index in [0.717, 1.165) is 31.4 Å². The summed E-state index contributed by atoms with van der Waals surface area (Å²) < 4.78 is 0. The molecule has 1 aliphatic carbocycles. The standard InChI is InChI=1S/C16H20Cl2N2O/c1-9-6-11(4-5-19-9)20-16(21)14-8-13(14)12-3-2-10(17)7-15(12)18/h2-3,7,9,11,13-14,19H,4-6,8H2,1H3,(H,20,21). The molecule has 2 N–H and O–H groups in total. The summed E-state index contributed by atoms with van der Waals surface area (Å²) in [6.45, 7) is 3.13. The summed E-state index contributed by atoms with van der Waals surface area (Å²) in [6, 6.07) is 6.31. The van der Waals surface area contributed by atoms with Gasteiger partial charge in [0, 0.05) is 28.0 Å². The van der Waals surface area contributed by atoms with Crippen LogP contribution in [0.4, 0.5) is 0 Å². The molecule has 2 aliphatic rings. The van der Waals surface area contributed by atoms with Crippen molar-refractivity contribution in [2.24, 2.45) is 5.92 Å². The Morgan fingerprint density at radius 1 is 1.33 bits per heavy atom. The first-order valence-electron chi connectivity index (χ1n) is 7.53. The second kappa shape index (κ2) is 6.15. The van der Waals surface area contributed by atoms with Crippen LogP contribution < -0.4 is 10.6 Å². The van der Waals surface area contributed by atoms with E-state index in [1.165, 1.54) is 0 Å². The summed E-state index contributed by atoms with van der Waals surface area (Å²) in [7, 11) is 0. The van der Waals surface area contributed by atoms with E-state index in [9.17, 15) is 4.79 Å². The third kappa shape index (κ3) is 3.53. The first kappa shape index (κ1) is 15.1. The lowest BCUT2D eigenvalue weighted by Gasteiger charge is -2.28. The van der Waals surface area contributed by atoms with Crippen LogP contribution in [0, 0.1) is 5.92 Å². The van der Waals surface area contributed by atoms with Crippen molar-refractivity contribution in [1.82, 2.24) is 10.6 Å². The van der Waals surface area contributed by atoms with Crippen molar-refractivity contribution in [3.05, 3.63) is 33.8 Å². The van der Waals surface area contributed by atoms with Gasteiger partial charge in [0.05, 0.1) is 0 Å². The molecule has 1 heterocycles. The molecule has 1 aliphatic heterocycles. The van der Waals surface area contributed by atoms with E-state index in [1.807, 2.05) is 12.1 Å². The van der Waals surface area contributed by atoms with Gasteiger partial charge < -0.3 is 10.6 Å². The van der Waals surface area contributed by atoms with Crippen molar-refractivity contribution in [3.8, 4) is 0 Å². The SMILES string of the molecule is CC1CC(NC(=O)C2CC2c2ccc(Cl)cc2Cl)CCN1. The highest BCUT2D eigenvalue weighted by Gasteiger charge is 2.45. The average Bonchev–Trinajstić information content (AvgIpc) is 3.19. The number of carbonyl (C=O) groups excluding carboxylic acids is 1. The molecule has 1 aromatic carbocycles. The number of amides is 1. The van der Waals surface area contributed by atoms with Crippen LogP contribution in [0.25, 0.3) is 0 Å². The predicted octanol–water partition coefficient (Wildman–Crippen LogP) is 3.35. The first-order chi connectivity index (χ1) is 10.0. The number of hydrogen-bond donors (Lipinski definition) is 2. The maximum absolute atomic E-state index is 12.3. The number of benzene rings is 1. The lowest BCUT2D eigenvalue weighted by molar-refractivity contribution is -0.123. The average molecular weight is 327 g/mol. The van der Waals surface area contributed by atoms with Gasteiger partial charge in [-0.2, -0.15) is 0 Å². The molecule has 3 rings (SSSR count). The molecule has 0 aromatic heterocycles. The zero-order valence-corrected chi connectivity index (χ0v) is 13.5. The van der Waals surface area contributed by atoms with E-state index in [4.69, 9.17) is 23.2 Å². The van der Waals surface area contributed by atoms with Crippen LogP contribution in [-0.4, -0.2) is 24.5 Å². The second-order valence-electron chi connectivity index (χ2n) is 6.20.